The molecule has 1 rings (SSSR count). The number of hydrogen-bond acceptors (Lipinski definition) is 4. The predicted octanol–water partition coefficient (Wildman–Crippen LogP) is 2.21. The van der Waals surface area contributed by atoms with Crippen molar-refractivity contribution in [1.29, 1.82) is 0 Å². The van der Waals surface area contributed by atoms with E-state index in [1.54, 1.807) is 0 Å². The van der Waals surface area contributed by atoms with Crippen molar-refractivity contribution < 1.29 is 54.7 Å². The molecule has 24 heavy (non-hydrogen) atoms. The van der Waals surface area contributed by atoms with Crippen LogP contribution in [0, 0.1) is 0 Å². The quantitative estimate of drug-likeness (QED) is 0.529. The molecule has 0 saturated carbocycles. The average Bonchev–Trinajstić information content (AvgIpc) is 2.34. The van der Waals surface area contributed by atoms with Gasteiger partial charge in [-0.25, -0.2) is 9.59 Å². The van der Waals surface area contributed by atoms with Crippen LogP contribution in [0.25, 0.3) is 0 Å². The van der Waals surface area contributed by atoms with Crippen LogP contribution in [0.5, 0.6) is 0 Å². The van der Waals surface area contributed by atoms with Crippen molar-refractivity contribution in [3.8, 4) is 0 Å². The average molecular weight is 378 g/mol. The number of halogens is 5. The van der Waals surface area contributed by atoms with Gasteiger partial charge >= 0.3 is 33.5 Å². The van der Waals surface area contributed by atoms with Gasteiger partial charge in [0.1, 0.15) is 0 Å². The van der Waals surface area contributed by atoms with E-state index in [1.165, 1.54) is 0 Å². The first-order valence-electron chi connectivity index (χ1n) is 5.63. The number of hydrogen-bond donors (Lipinski definition) is 3. The summed E-state index contributed by atoms with van der Waals surface area (Å²) in [5.41, 5.74) is -4.76. The van der Waals surface area contributed by atoms with Gasteiger partial charge in [-0.2, -0.15) is 30.4 Å². The first-order chi connectivity index (χ1) is 10.6. The van der Waals surface area contributed by atoms with Crippen LogP contribution in [0.3, 0.4) is 0 Å². The minimum atomic E-state index is -6.60. The number of aromatic carboxylic acids is 2. The Morgan fingerprint density at radius 2 is 1.50 bits per heavy atom. The minimum absolute atomic E-state index is 0.188. The maximum atomic E-state index is 13.7. The third-order valence-electron chi connectivity index (χ3n) is 2.86. The SMILES string of the molecule is O=C(O)c1cccc(C(C(F)(F)F)C(F)(F)S(=O)(=O)O)c1C(=O)O. The monoisotopic (exact) mass is 378 g/mol. The van der Waals surface area contributed by atoms with E-state index in [0.717, 1.165) is 0 Å². The molecule has 0 aliphatic rings. The van der Waals surface area contributed by atoms with Gasteiger partial charge in [0.05, 0.1) is 11.1 Å². The van der Waals surface area contributed by atoms with Gasteiger partial charge < -0.3 is 10.2 Å². The maximum Gasteiger partial charge on any atom is 0.402 e. The zero-order valence-electron chi connectivity index (χ0n) is 11.1. The maximum absolute atomic E-state index is 13.7. The van der Waals surface area contributed by atoms with Crippen molar-refractivity contribution in [1.82, 2.24) is 0 Å². The van der Waals surface area contributed by atoms with Crippen LogP contribution in [-0.2, 0) is 10.1 Å². The van der Waals surface area contributed by atoms with Gasteiger partial charge in [-0.05, 0) is 11.6 Å². The molecule has 0 radical (unpaired) electrons. The zero-order chi connectivity index (χ0) is 19.1. The molecule has 0 spiro atoms. The Hall–Kier alpha value is -2.28. The largest absolute Gasteiger partial charge is 0.478 e. The van der Waals surface area contributed by atoms with E-state index in [-0.39, 0.29) is 6.07 Å². The van der Waals surface area contributed by atoms with E-state index in [1.807, 2.05) is 0 Å². The molecule has 0 aliphatic heterocycles. The van der Waals surface area contributed by atoms with Crippen molar-refractivity contribution in [2.24, 2.45) is 0 Å². The van der Waals surface area contributed by atoms with Gasteiger partial charge in [0, 0.05) is 0 Å². The smallest absolute Gasteiger partial charge is 0.402 e. The molecule has 0 bridgehead atoms. The van der Waals surface area contributed by atoms with Crippen LogP contribution < -0.4 is 0 Å². The molecule has 13 heteroatoms. The van der Waals surface area contributed by atoms with Crippen molar-refractivity contribution in [3.05, 3.63) is 34.9 Å². The normalized spacial score (nSPS) is 14.2. The summed E-state index contributed by atoms with van der Waals surface area (Å²) in [6.45, 7) is 0. The van der Waals surface area contributed by atoms with Crippen molar-refractivity contribution in [2.75, 3.05) is 0 Å². The van der Waals surface area contributed by atoms with Gasteiger partial charge in [-0.3, -0.25) is 4.55 Å². The fraction of sp³-hybridized carbons (Fsp3) is 0.273. The zero-order valence-corrected chi connectivity index (χ0v) is 11.9. The van der Waals surface area contributed by atoms with Gasteiger partial charge in [-0.15, -0.1) is 0 Å². The molecule has 0 amide bonds. The fourth-order valence-electron chi connectivity index (χ4n) is 1.92. The Labute approximate surface area is 130 Å². The standard InChI is InChI=1S/C11H7F5O7S/c12-10(13,14)7(11(15,16)24(21,22)23)4-2-1-3-5(8(17)18)6(4)9(19)20/h1-3,7H,(H,17,18)(H,19,20)(H,21,22,23). The van der Waals surface area contributed by atoms with E-state index in [9.17, 15) is 40.0 Å². The fourth-order valence-corrected chi connectivity index (χ4v) is 2.48. The van der Waals surface area contributed by atoms with Crippen molar-refractivity contribution in [2.45, 2.75) is 17.3 Å². The van der Waals surface area contributed by atoms with Crippen LogP contribution in [-0.4, -0.2) is 46.6 Å². The number of carboxylic acid groups (broad SMARTS) is 2. The first-order valence-corrected chi connectivity index (χ1v) is 7.07. The summed E-state index contributed by atoms with van der Waals surface area (Å²) in [4.78, 5) is 22.0. The third-order valence-corrected chi connectivity index (χ3v) is 3.78. The van der Waals surface area contributed by atoms with Gasteiger partial charge in [0.25, 0.3) is 0 Å². The summed E-state index contributed by atoms with van der Waals surface area (Å²) in [7, 11) is -6.60. The van der Waals surface area contributed by atoms with Gasteiger partial charge in [-0.1, -0.05) is 12.1 Å². The highest BCUT2D eigenvalue weighted by atomic mass is 32.2. The highest BCUT2D eigenvalue weighted by Gasteiger charge is 2.64. The lowest BCUT2D eigenvalue weighted by atomic mass is 9.90. The van der Waals surface area contributed by atoms with E-state index >= 15 is 0 Å². The Bertz CT molecular complexity index is 784. The minimum Gasteiger partial charge on any atom is -0.478 e. The molecule has 0 heterocycles. The van der Waals surface area contributed by atoms with E-state index in [0.29, 0.717) is 12.1 Å². The number of benzene rings is 1. The summed E-state index contributed by atoms with van der Waals surface area (Å²) < 4.78 is 96.1. The second-order valence-electron chi connectivity index (χ2n) is 4.39. The number of carboxylic acids is 2. The number of alkyl halides is 5. The molecular formula is C11H7F5O7S. The second-order valence-corrected chi connectivity index (χ2v) is 5.89. The summed E-state index contributed by atoms with van der Waals surface area (Å²) >= 11 is 0. The Balaban J connectivity index is 3.92. The van der Waals surface area contributed by atoms with E-state index < -0.39 is 56.1 Å². The lowest BCUT2D eigenvalue weighted by Crippen LogP contribution is -2.44. The van der Waals surface area contributed by atoms with E-state index in [4.69, 9.17) is 14.8 Å². The summed E-state index contributed by atoms with van der Waals surface area (Å²) in [6.07, 6.45) is -6.03. The molecule has 0 aromatic heterocycles. The Morgan fingerprint density at radius 1 is 1.00 bits per heavy atom. The molecule has 0 fully saturated rings. The molecule has 3 N–H and O–H groups in total. The molecule has 134 valence electrons. The Kier molecular flexibility index (Phi) is 4.92. The predicted molar refractivity (Wildman–Crippen MR) is 65.7 cm³/mol. The molecule has 1 aromatic carbocycles. The summed E-state index contributed by atoms with van der Waals surface area (Å²) in [6, 6.07) is 1.26. The second kappa shape index (κ2) is 5.98. The lowest BCUT2D eigenvalue weighted by molar-refractivity contribution is -0.189. The molecule has 0 aliphatic carbocycles. The molecule has 0 saturated heterocycles. The van der Waals surface area contributed by atoms with Gasteiger partial charge in [0.2, 0.25) is 0 Å². The van der Waals surface area contributed by atoms with Gasteiger partial charge in [0.15, 0.2) is 5.92 Å². The highest BCUT2D eigenvalue weighted by molar-refractivity contribution is 7.86. The first kappa shape index (κ1) is 19.8. The van der Waals surface area contributed by atoms with Crippen LogP contribution in [0.2, 0.25) is 0 Å². The topological polar surface area (TPSA) is 129 Å². The molecular weight excluding hydrogens is 371 g/mol. The summed E-state index contributed by atoms with van der Waals surface area (Å²) in [5, 5.41) is 11.8. The molecule has 1 atom stereocenters. The highest BCUT2D eigenvalue weighted by Crippen LogP contribution is 2.49. The van der Waals surface area contributed by atoms with Crippen molar-refractivity contribution in [3.63, 3.8) is 0 Å². The van der Waals surface area contributed by atoms with Crippen LogP contribution in [0.4, 0.5) is 22.0 Å². The van der Waals surface area contributed by atoms with E-state index in [2.05, 4.69) is 0 Å². The molecule has 1 aromatic rings. The summed E-state index contributed by atoms with van der Waals surface area (Å²) in [5.74, 6) is -8.64. The molecule has 7 nitrogen and oxygen atoms in total. The van der Waals surface area contributed by atoms with Crippen molar-refractivity contribution >= 4 is 22.1 Å². The van der Waals surface area contributed by atoms with Crippen LogP contribution in [0.1, 0.15) is 32.2 Å². The Morgan fingerprint density at radius 3 is 1.83 bits per heavy atom. The third kappa shape index (κ3) is 3.46. The lowest BCUT2D eigenvalue weighted by Gasteiger charge is -2.28. The molecule has 1 unspecified atom stereocenters. The van der Waals surface area contributed by atoms with Crippen LogP contribution >= 0.6 is 0 Å². The number of carbonyl (C=O) groups is 2. The van der Waals surface area contributed by atoms with Crippen LogP contribution in [0.15, 0.2) is 18.2 Å². The number of rotatable bonds is 5.